The number of aromatic hydroxyl groups is 1. The molecule has 6 heteroatoms. The molecule has 1 aromatic carbocycles. The van der Waals surface area contributed by atoms with Crippen molar-refractivity contribution < 1.29 is 19.4 Å². The molecule has 0 saturated carbocycles. The Hall–Kier alpha value is -2.21. The molecule has 2 aliphatic rings. The summed E-state index contributed by atoms with van der Waals surface area (Å²) in [7, 11) is 5.02. The molecular formula is C18H24N2O4. The molecule has 2 N–H and O–H groups in total. The van der Waals surface area contributed by atoms with E-state index in [9.17, 15) is 9.90 Å². The fourth-order valence-corrected chi connectivity index (χ4v) is 3.91. The van der Waals surface area contributed by atoms with Gasteiger partial charge in [-0.15, -0.1) is 0 Å². The van der Waals surface area contributed by atoms with Gasteiger partial charge in [0.25, 0.3) is 0 Å². The Labute approximate surface area is 142 Å². The number of carbonyl (C=O) groups is 1. The van der Waals surface area contributed by atoms with E-state index in [0.717, 1.165) is 24.2 Å². The van der Waals surface area contributed by atoms with E-state index in [1.807, 2.05) is 12.1 Å². The topological polar surface area (TPSA) is 71.0 Å². The fourth-order valence-electron chi connectivity index (χ4n) is 3.91. The van der Waals surface area contributed by atoms with Crippen LogP contribution in [0.15, 0.2) is 23.8 Å². The number of carbonyl (C=O) groups excluding carboxylic acids is 1. The summed E-state index contributed by atoms with van der Waals surface area (Å²) in [6.07, 6.45) is 3.72. The summed E-state index contributed by atoms with van der Waals surface area (Å²) >= 11 is 0. The van der Waals surface area contributed by atoms with Crippen LogP contribution >= 0.6 is 0 Å². The normalized spacial score (nSPS) is 25.8. The van der Waals surface area contributed by atoms with E-state index in [0.29, 0.717) is 17.7 Å². The van der Waals surface area contributed by atoms with E-state index >= 15 is 0 Å². The van der Waals surface area contributed by atoms with Crippen molar-refractivity contribution in [3.63, 3.8) is 0 Å². The average molecular weight is 332 g/mol. The molecule has 24 heavy (non-hydrogen) atoms. The van der Waals surface area contributed by atoms with Crippen molar-refractivity contribution in [2.45, 2.75) is 31.3 Å². The minimum Gasteiger partial charge on any atom is -0.504 e. The molecule has 1 aromatic rings. The van der Waals surface area contributed by atoms with E-state index < -0.39 is 0 Å². The molecule has 0 amide bonds. The molecule has 130 valence electrons. The van der Waals surface area contributed by atoms with E-state index in [1.165, 1.54) is 7.11 Å². The number of anilines is 1. The zero-order chi connectivity index (χ0) is 17.5. The predicted octanol–water partition coefficient (Wildman–Crippen LogP) is 2.24. The maximum atomic E-state index is 11.7. The van der Waals surface area contributed by atoms with Crippen molar-refractivity contribution in [3.05, 3.63) is 29.3 Å². The van der Waals surface area contributed by atoms with Gasteiger partial charge in [0.2, 0.25) is 0 Å². The Morgan fingerprint density at radius 3 is 2.92 bits per heavy atom. The maximum absolute atomic E-state index is 11.7. The van der Waals surface area contributed by atoms with Gasteiger partial charge in [0.1, 0.15) is 0 Å². The van der Waals surface area contributed by atoms with Gasteiger partial charge in [-0.1, -0.05) is 6.08 Å². The quantitative estimate of drug-likeness (QED) is 0.501. The lowest BCUT2D eigenvalue weighted by molar-refractivity contribution is -0.136. The maximum Gasteiger partial charge on any atom is 0.333 e. The second-order valence-corrected chi connectivity index (χ2v) is 6.59. The number of phenolic OH excluding ortho intramolecular Hbond substituents is 1. The van der Waals surface area contributed by atoms with Gasteiger partial charge < -0.3 is 19.9 Å². The predicted molar refractivity (Wildman–Crippen MR) is 91.4 cm³/mol. The number of likely N-dealkylation sites (N-methyl/N-ethyl adjacent to an activating group) is 1. The first-order chi connectivity index (χ1) is 11.4. The summed E-state index contributed by atoms with van der Waals surface area (Å²) in [6.45, 7) is 2.72. The zero-order valence-corrected chi connectivity index (χ0v) is 14.5. The molecule has 0 spiro atoms. The summed E-state index contributed by atoms with van der Waals surface area (Å²) in [5.74, 6) is 0.291. The Kier molecular flexibility index (Phi) is 4.17. The summed E-state index contributed by atoms with van der Waals surface area (Å²) in [5.41, 5.74) is 2.48. The Bertz CT molecular complexity index is 701. The van der Waals surface area contributed by atoms with Gasteiger partial charge in [-0.2, -0.15) is 0 Å². The number of ether oxygens (including phenoxy) is 2. The number of fused-ring (bicyclic) bond motifs is 3. The summed E-state index contributed by atoms with van der Waals surface area (Å²) in [4.78, 5) is 13.9. The molecule has 1 saturated heterocycles. The minimum atomic E-state index is -0.307. The highest BCUT2D eigenvalue weighted by Gasteiger charge is 2.52. The molecule has 0 bridgehead atoms. The van der Waals surface area contributed by atoms with Crippen molar-refractivity contribution in [1.82, 2.24) is 4.90 Å². The first-order valence-electron chi connectivity index (χ1n) is 8.06. The summed E-state index contributed by atoms with van der Waals surface area (Å²) < 4.78 is 10.0. The Balaban J connectivity index is 2.02. The van der Waals surface area contributed by atoms with E-state index in [1.54, 1.807) is 20.1 Å². The Morgan fingerprint density at radius 1 is 1.50 bits per heavy atom. The minimum absolute atomic E-state index is 0.126. The van der Waals surface area contributed by atoms with Gasteiger partial charge in [0.05, 0.1) is 20.4 Å². The molecule has 1 fully saturated rings. The van der Waals surface area contributed by atoms with Crippen molar-refractivity contribution in [2.24, 2.45) is 0 Å². The molecule has 2 aliphatic heterocycles. The largest absolute Gasteiger partial charge is 0.504 e. The number of methoxy groups -OCH3 is 2. The van der Waals surface area contributed by atoms with Crippen LogP contribution in [0.1, 0.15) is 25.3 Å². The molecule has 0 unspecified atom stereocenters. The van der Waals surface area contributed by atoms with Crippen LogP contribution in [0.5, 0.6) is 11.5 Å². The van der Waals surface area contributed by atoms with Crippen molar-refractivity contribution >= 4 is 11.7 Å². The highest BCUT2D eigenvalue weighted by molar-refractivity contribution is 5.87. The van der Waals surface area contributed by atoms with Crippen LogP contribution in [-0.4, -0.2) is 50.0 Å². The first kappa shape index (κ1) is 16.6. The van der Waals surface area contributed by atoms with Crippen LogP contribution < -0.4 is 10.1 Å². The lowest BCUT2D eigenvalue weighted by Crippen LogP contribution is -2.41. The molecule has 2 heterocycles. The van der Waals surface area contributed by atoms with Crippen molar-refractivity contribution in [2.75, 3.05) is 33.1 Å². The SMILES string of the molecule is COC(=O)/C(C)=C/C[C@@]12CCN(C)[C@@H]1Nc1cc(OC)c(O)cc12. The van der Waals surface area contributed by atoms with E-state index in [-0.39, 0.29) is 23.3 Å². The first-order valence-corrected chi connectivity index (χ1v) is 8.06. The molecule has 3 rings (SSSR count). The number of benzene rings is 1. The fraction of sp³-hybridized carbons (Fsp3) is 0.500. The summed E-state index contributed by atoms with van der Waals surface area (Å²) in [5, 5.41) is 13.8. The van der Waals surface area contributed by atoms with Gasteiger partial charge in [0.15, 0.2) is 11.5 Å². The smallest absolute Gasteiger partial charge is 0.333 e. The molecule has 0 radical (unpaired) electrons. The van der Waals surface area contributed by atoms with Gasteiger partial charge in [-0.05, 0) is 38.4 Å². The highest BCUT2D eigenvalue weighted by atomic mass is 16.5. The number of hydrogen-bond acceptors (Lipinski definition) is 6. The van der Waals surface area contributed by atoms with Crippen molar-refractivity contribution in [1.29, 1.82) is 0 Å². The van der Waals surface area contributed by atoms with Gasteiger partial charge >= 0.3 is 5.97 Å². The highest BCUT2D eigenvalue weighted by Crippen LogP contribution is 2.53. The lowest BCUT2D eigenvalue weighted by Gasteiger charge is -2.30. The van der Waals surface area contributed by atoms with Crippen LogP contribution in [-0.2, 0) is 14.9 Å². The number of likely N-dealkylation sites (tertiary alicyclic amines) is 1. The van der Waals surface area contributed by atoms with Crippen LogP contribution in [0.3, 0.4) is 0 Å². The number of nitrogens with zero attached hydrogens (tertiary/aromatic N) is 1. The molecule has 2 atom stereocenters. The van der Waals surface area contributed by atoms with Crippen LogP contribution in [0.25, 0.3) is 0 Å². The third-order valence-corrected chi connectivity index (χ3v) is 5.30. The second kappa shape index (κ2) is 6.02. The standard InChI is InChI=1S/C18H24N2O4/c1-11(16(22)24-4)5-6-18-7-8-20(2)17(18)19-13-10-15(23-3)14(21)9-12(13)18/h5,9-10,17,19,21H,6-8H2,1-4H3/b11-5+/t17-,18-/m0/s1. The van der Waals surface area contributed by atoms with Crippen molar-refractivity contribution in [3.8, 4) is 11.5 Å². The lowest BCUT2D eigenvalue weighted by atomic mass is 9.76. The number of rotatable bonds is 4. The number of allylic oxidation sites excluding steroid dienone is 1. The number of phenols is 1. The van der Waals surface area contributed by atoms with E-state index in [4.69, 9.17) is 9.47 Å². The Morgan fingerprint density at radius 2 is 2.25 bits per heavy atom. The molecule has 6 nitrogen and oxygen atoms in total. The zero-order valence-electron chi connectivity index (χ0n) is 14.5. The second-order valence-electron chi connectivity index (χ2n) is 6.59. The van der Waals surface area contributed by atoms with Gasteiger partial charge in [0, 0.05) is 29.3 Å². The summed E-state index contributed by atoms with van der Waals surface area (Å²) in [6, 6.07) is 3.64. The van der Waals surface area contributed by atoms with Crippen LogP contribution in [0.4, 0.5) is 5.69 Å². The monoisotopic (exact) mass is 332 g/mol. The molecule has 0 aliphatic carbocycles. The van der Waals surface area contributed by atoms with Gasteiger partial charge in [-0.3, -0.25) is 4.90 Å². The molecule has 0 aromatic heterocycles. The molecular weight excluding hydrogens is 308 g/mol. The van der Waals surface area contributed by atoms with Gasteiger partial charge in [-0.25, -0.2) is 4.79 Å². The average Bonchev–Trinajstić information content (AvgIpc) is 3.06. The van der Waals surface area contributed by atoms with E-state index in [2.05, 4.69) is 17.3 Å². The third-order valence-electron chi connectivity index (χ3n) is 5.30. The number of hydrogen-bond donors (Lipinski definition) is 2. The van der Waals surface area contributed by atoms with Crippen LogP contribution in [0.2, 0.25) is 0 Å². The number of esters is 1. The number of nitrogens with one attached hydrogen (secondary N) is 1. The van der Waals surface area contributed by atoms with Crippen LogP contribution in [0, 0.1) is 0 Å². The third kappa shape index (κ3) is 2.41.